The van der Waals surface area contributed by atoms with Gasteiger partial charge >= 0.3 is 0 Å². The molecule has 1 aromatic carbocycles. The van der Waals surface area contributed by atoms with E-state index in [1.807, 2.05) is 35.0 Å². The van der Waals surface area contributed by atoms with Gasteiger partial charge < -0.3 is 15.8 Å². The zero-order valence-corrected chi connectivity index (χ0v) is 18.4. The predicted octanol–water partition coefficient (Wildman–Crippen LogP) is 3.63. The third-order valence-electron chi connectivity index (χ3n) is 5.31. The summed E-state index contributed by atoms with van der Waals surface area (Å²) in [4.78, 5) is 9.73. The standard InChI is InChI=1S/C23H23N7OS/c1-25-11-17(10-24)15-2-5-22-28-29-23(30(22)13-15)32-20-3-4-21-16(9-20)8-19(12-26-21)27-18-6-7-31-14-18/h2-5,8-13,18,27H,6-7,14,24H2,1H3. The summed E-state index contributed by atoms with van der Waals surface area (Å²) in [6, 6.07) is 12.6. The minimum absolute atomic E-state index is 0.341. The fourth-order valence-electron chi connectivity index (χ4n) is 3.70. The number of aromatic nitrogens is 4. The van der Waals surface area contributed by atoms with E-state index in [1.54, 1.807) is 31.2 Å². The molecule has 5 rings (SSSR count). The number of nitrogens with zero attached hydrogens (tertiary/aromatic N) is 5. The quantitative estimate of drug-likeness (QED) is 0.437. The first-order chi connectivity index (χ1) is 15.7. The Labute approximate surface area is 189 Å². The van der Waals surface area contributed by atoms with Gasteiger partial charge in [-0.05, 0) is 54.6 Å². The van der Waals surface area contributed by atoms with Gasteiger partial charge in [0.1, 0.15) is 0 Å². The van der Waals surface area contributed by atoms with Crippen LogP contribution in [0.5, 0.6) is 0 Å². The van der Waals surface area contributed by atoms with Gasteiger partial charge in [0.2, 0.25) is 0 Å². The van der Waals surface area contributed by atoms with E-state index >= 15 is 0 Å². The number of hydrogen-bond acceptors (Lipinski definition) is 8. The maximum atomic E-state index is 5.77. The molecule has 1 aliphatic heterocycles. The summed E-state index contributed by atoms with van der Waals surface area (Å²) in [5, 5.41) is 14.0. The maximum Gasteiger partial charge on any atom is 0.200 e. The van der Waals surface area contributed by atoms with Gasteiger partial charge in [0, 0.05) is 53.7 Å². The SMILES string of the molecule is CN=CC(=CN)c1ccc2nnc(Sc3ccc4ncc(NC5CCOC5)cc4c3)n2c1. The molecule has 0 saturated carbocycles. The second kappa shape index (κ2) is 8.97. The predicted molar refractivity (Wildman–Crippen MR) is 128 cm³/mol. The molecular weight excluding hydrogens is 422 g/mol. The Morgan fingerprint density at radius 2 is 2.22 bits per heavy atom. The number of nitrogens with two attached hydrogens (primary N) is 1. The summed E-state index contributed by atoms with van der Waals surface area (Å²) in [7, 11) is 1.72. The van der Waals surface area contributed by atoms with Crippen molar-refractivity contribution in [3.8, 4) is 0 Å². The molecule has 9 heteroatoms. The van der Waals surface area contributed by atoms with Crippen LogP contribution in [0.3, 0.4) is 0 Å². The van der Waals surface area contributed by atoms with Gasteiger partial charge in [0.15, 0.2) is 10.8 Å². The average molecular weight is 446 g/mol. The first-order valence-corrected chi connectivity index (χ1v) is 11.2. The van der Waals surface area contributed by atoms with Crippen molar-refractivity contribution in [2.45, 2.75) is 22.5 Å². The van der Waals surface area contributed by atoms with Gasteiger partial charge in [-0.15, -0.1) is 10.2 Å². The van der Waals surface area contributed by atoms with Crippen molar-refractivity contribution in [1.29, 1.82) is 0 Å². The van der Waals surface area contributed by atoms with E-state index in [0.717, 1.165) is 63.1 Å². The van der Waals surface area contributed by atoms with Crippen LogP contribution in [0, 0.1) is 0 Å². The Bertz CT molecular complexity index is 1320. The Kier molecular flexibility index (Phi) is 5.74. The smallest absolute Gasteiger partial charge is 0.200 e. The second-order valence-corrected chi connectivity index (χ2v) is 8.56. The van der Waals surface area contributed by atoms with Crippen LogP contribution < -0.4 is 11.1 Å². The molecule has 0 aliphatic carbocycles. The van der Waals surface area contributed by atoms with Crippen molar-refractivity contribution in [1.82, 2.24) is 19.6 Å². The molecule has 1 atom stereocenters. The van der Waals surface area contributed by atoms with Crippen LogP contribution in [0.4, 0.5) is 5.69 Å². The monoisotopic (exact) mass is 445 g/mol. The number of rotatable bonds is 6. The molecule has 3 N–H and O–H groups in total. The molecule has 0 radical (unpaired) electrons. The minimum Gasteiger partial charge on any atom is -0.404 e. The Hall–Kier alpha value is -3.43. The van der Waals surface area contributed by atoms with Crippen molar-refractivity contribution in [2.24, 2.45) is 10.7 Å². The van der Waals surface area contributed by atoms with Crippen LogP contribution in [0.1, 0.15) is 12.0 Å². The highest BCUT2D eigenvalue weighted by molar-refractivity contribution is 7.99. The van der Waals surface area contributed by atoms with E-state index in [-0.39, 0.29) is 0 Å². The lowest BCUT2D eigenvalue weighted by atomic mass is 10.1. The fourth-order valence-corrected chi connectivity index (χ4v) is 4.56. The van der Waals surface area contributed by atoms with Gasteiger partial charge in [0.25, 0.3) is 0 Å². The largest absolute Gasteiger partial charge is 0.404 e. The van der Waals surface area contributed by atoms with E-state index in [1.165, 1.54) is 0 Å². The summed E-state index contributed by atoms with van der Waals surface area (Å²) in [6.45, 7) is 1.54. The van der Waals surface area contributed by atoms with Crippen molar-refractivity contribution in [3.05, 3.63) is 60.6 Å². The molecule has 3 aromatic heterocycles. The first-order valence-electron chi connectivity index (χ1n) is 10.3. The molecule has 32 heavy (non-hydrogen) atoms. The summed E-state index contributed by atoms with van der Waals surface area (Å²) >= 11 is 1.56. The van der Waals surface area contributed by atoms with Crippen molar-refractivity contribution >= 4 is 45.8 Å². The minimum atomic E-state index is 0.341. The van der Waals surface area contributed by atoms with Crippen LogP contribution in [0.15, 0.2) is 70.0 Å². The molecule has 1 aliphatic rings. The zero-order valence-electron chi connectivity index (χ0n) is 17.6. The second-order valence-electron chi connectivity index (χ2n) is 7.52. The van der Waals surface area contributed by atoms with Gasteiger partial charge in [-0.2, -0.15) is 0 Å². The lowest BCUT2D eigenvalue weighted by Crippen LogP contribution is -2.18. The van der Waals surface area contributed by atoms with Gasteiger partial charge in [-0.1, -0.05) is 0 Å². The van der Waals surface area contributed by atoms with Crippen LogP contribution in [-0.2, 0) is 4.74 Å². The molecule has 0 amide bonds. The Morgan fingerprint density at radius 3 is 3.03 bits per heavy atom. The number of hydrogen-bond donors (Lipinski definition) is 2. The highest BCUT2D eigenvalue weighted by Gasteiger charge is 2.15. The van der Waals surface area contributed by atoms with Crippen LogP contribution >= 0.6 is 11.8 Å². The number of ether oxygens (including phenoxy) is 1. The normalized spacial score (nSPS) is 17.0. The summed E-state index contributed by atoms with van der Waals surface area (Å²) < 4.78 is 7.42. The van der Waals surface area contributed by atoms with Crippen LogP contribution in [0.2, 0.25) is 0 Å². The maximum absolute atomic E-state index is 5.77. The molecule has 1 fully saturated rings. The van der Waals surface area contributed by atoms with Gasteiger partial charge in [-0.3, -0.25) is 14.4 Å². The third-order valence-corrected chi connectivity index (χ3v) is 6.27. The van der Waals surface area contributed by atoms with E-state index < -0.39 is 0 Å². The average Bonchev–Trinajstić information content (AvgIpc) is 3.47. The Balaban J connectivity index is 1.44. The molecule has 1 unspecified atom stereocenters. The molecule has 4 heterocycles. The number of aliphatic imine (C=N–C) groups is 1. The van der Waals surface area contributed by atoms with E-state index in [9.17, 15) is 0 Å². The van der Waals surface area contributed by atoms with E-state index in [0.29, 0.717) is 6.04 Å². The molecule has 0 spiro atoms. The van der Waals surface area contributed by atoms with E-state index in [4.69, 9.17) is 10.5 Å². The summed E-state index contributed by atoms with van der Waals surface area (Å²) in [5.74, 6) is 0. The molecular formula is C23H23N7OS. The molecule has 0 bridgehead atoms. The molecule has 8 nitrogen and oxygen atoms in total. The van der Waals surface area contributed by atoms with Gasteiger partial charge in [-0.25, -0.2) is 0 Å². The van der Waals surface area contributed by atoms with E-state index in [2.05, 4.69) is 43.7 Å². The number of anilines is 1. The van der Waals surface area contributed by atoms with Gasteiger partial charge in [0.05, 0.1) is 30.0 Å². The van der Waals surface area contributed by atoms with Crippen molar-refractivity contribution in [3.63, 3.8) is 0 Å². The number of allylic oxidation sites excluding steroid dienone is 1. The van der Waals surface area contributed by atoms with Crippen molar-refractivity contribution in [2.75, 3.05) is 25.6 Å². The summed E-state index contributed by atoms with van der Waals surface area (Å²) in [6.07, 6.45) is 8.15. The highest BCUT2D eigenvalue weighted by atomic mass is 32.2. The summed E-state index contributed by atoms with van der Waals surface area (Å²) in [5.41, 5.74) is 10.3. The number of fused-ring (bicyclic) bond motifs is 2. The number of nitrogens with one attached hydrogen (secondary N) is 1. The topological polar surface area (TPSA) is 103 Å². The Morgan fingerprint density at radius 1 is 1.28 bits per heavy atom. The lowest BCUT2D eigenvalue weighted by Gasteiger charge is -2.12. The zero-order chi connectivity index (χ0) is 21.9. The molecule has 162 valence electrons. The highest BCUT2D eigenvalue weighted by Crippen LogP contribution is 2.30. The molecule has 4 aromatic rings. The van der Waals surface area contributed by atoms with Crippen LogP contribution in [-0.4, -0.2) is 52.1 Å². The molecule has 1 saturated heterocycles. The van der Waals surface area contributed by atoms with Crippen molar-refractivity contribution < 1.29 is 4.74 Å². The fraction of sp³-hybridized carbons (Fsp3) is 0.217. The number of pyridine rings is 2. The number of benzene rings is 1. The lowest BCUT2D eigenvalue weighted by molar-refractivity contribution is 0.195. The first kappa shape index (κ1) is 20.5. The van der Waals surface area contributed by atoms with Crippen LogP contribution in [0.25, 0.3) is 22.1 Å². The third kappa shape index (κ3) is 4.17.